The van der Waals surface area contributed by atoms with Crippen LogP contribution >= 0.6 is 0 Å². The van der Waals surface area contributed by atoms with Gasteiger partial charge in [0.1, 0.15) is 5.69 Å². The molecule has 0 aliphatic carbocycles. The molecule has 1 aromatic heterocycles. The predicted octanol–water partition coefficient (Wildman–Crippen LogP) is 0.583. The Morgan fingerprint density at radius 2 is 2.33 bits per heavy atom. The lowest BCUT2D eigenvalue weighted by molar-refractivity contribution is 0.303. The van der Waals surface area contributed by atoms with E-state index in [4.69, 9.17) is 20.4 Å². The van der Waals surface area contributed by atoms with Crippen molar-refractivity contribution in [2.24, 2.45) is 10.9 Å². The molecule has 0 bridgehead atoms. The number of oxime groups is 1. The van der Waals surface area contributed by atoms with Gasteiger partial charge in [0.15, 0.2) is 11.6 Å². The summed E-state index contributed by atoms with van der Waals surface area (Å²) in [6.45, 7) is 2.37. The summed E-state index contributed by atoms with van der Waals surface area (Å²) in [5, 5.41) is 11.3. The standard InChI is InChI=1S/C9H13N3O3/c1-3-15-7-5-4-6(8(10)12-13)11-9(7)14-2/h4-5,13H,3H2,1-2H3,(H2,10,12). The fourth-order valence-corrected chi connectivity index (χ4v) is 1.03. The maximum absolute atomic E-state index is 8.48. The zero-order chi connectivity index (χ0) is 11.3. The van der Waals surface area contributed by atoms with Crippen molar-refractivity contribution in [3.63, 3.8) is 0 Å². The number of ether oxygens (including phenoxy) is 2. The minimum atomic E-state index is -0.0728. The molecule has 6 heteroatoms. The fraction of sp³-hybridized carbons (Fsp3) is 0.333. The van der Waals surface area contributed by atoms with Crippen molar-refractivity contribution in [3.8, 4) is 11.6 Å². The lowest BCUT2D eigenvalue weighted by Gasteiger charge is -2.08. The number of amidine groups is 1. The van der Waals surface area contributed by atoms with E-state index in [2.05, 4.69) is 10.1 Å². The first-order valence-corrected chi connectivity index (χ1v) is 4.38. The van der Waals surface area contributed by atoms with Gasteiger partial charge in [0.25, 0.3) is 5.88 Å². The Balaban J connectivity index is 3.07. The van der Waals surface area contributed by atoms with Gasteiger partial charge >= 0.3 is 0 Å². The molecule has 1 aromatic rings. The summed E-state index contributed by atoms with van der Waals surface area (Å²) in [7, 11) is 1.47. The second-order valence-electron chi connectivity index (χ2n) is 2.62. The highest BCUT2D eigenvalue weighted by molar-refractivity contribution is 5.95. The predicted molar refractivity (Wildman–Crippen MR) is 54.5 cm³/mol. The largest absolute Gasteiger partial charge is 0.488 e. The van der Waals surface area contributed by atoms with Crippen LogP contribution in [0.2, 0.25) is 0 Å². The first-order chi connectivity index (χ1) is 7.22. The second-order valence-corrected chi connectivity index (χ2v) is 2.62. The fourth-order valence-electron chi connectivity index (χ4n) is 1.03. The molecule has 82 valence electrons. The van der Waals surface area contributed by atoms with Crippen molar-refractivity contribution < 1.29 is 14.7 Å². The van der Waals surface area contributed by atoms with Crippen molar-refractivity contribution in [2.45, 2.75) is 6.92 Å². The van der Waals surface area contributed by atoms with Crippen molar-refractivity contribution in [3.05, 3.63) is 17.8 Å². The summed E-state index contributed by atoms with van der Waals surface area (Å²) in [5.41, 5.74) is 5.71. The molecule has 1 heterocycles. The van der Waals surface area contributed by atoms with Crippen LogP contribution in [-0.2, 0) is 0 Å². The molecule has 0 spiro atoms. The highest BCUT2D eigenvalue weighted by Gasteiger charge is 2.09. The molecular weight excluding hydrogens is 198 g/mol. The van der Waals surface area contributed by atoms with E-state index in [1.54, 1.807) is 12.1 Å². The molecule has 0 radical (unpaired) electrons. The summed E-state index contributed by atoms with van der Waals surface area (Å²) in [5.74, 6) is 0.756. The molecule has 6 nitrogen and oxygen atoms in total. The van der Waals surface area contributed by atoms with Gasteiger partial charge in [-0.2, -0.15) is 0 Å². The number of rotatable bonds is 4. The summed E-state index contributed by atoms with van der Waals surface area (Å²) >= 11 is 0. The minimum Gasteiger partial charge on any atom is -0.488 e. The van der Waals surface area contributed by atoms with Crippen LogP contribution in [0.1, 0.15) is 12.6 Å². The van der Waals surface area contributed by atoms with Crippen molar-refractivity contribution in [1.82, 2.24) is 4.98 Å². The first-order valence-electron chi connectivity index (χ1n) is 4.38. The Hall–Kier alpha value is -1.98. The van der Waals surface area contributed by atoms with Gasteiger partial charge in [0, 0.05) is 0 Å². The molecule has 3 N–H and O–H groups in total. The van der Waals surface area contributed by atoms with Crippen LogP contribution in [0.5, 0.6) is 11.6 Å². The molecule has 0 atom stereocenters. The average Bonchev–Trinajstić information content (AvgIpc) is 2.29. The van der Waals surface area contributed by atoms with Crippen LogP contribution in [0.3, 0.4) is 0 Å². The summed E-state index contributed by atoms with van der Waals surface area (Å²) in [4.78, 5) is 4.02. The van der Waals surface area contributed by atoms with Crippen LogP contribution in [0.15, 0.2) is 17.3 Å². The van der Waals surface area contributed by atoms with Crippen molar-refractivity contribution >= 4 is 5.84 Å². The van der Waals surface area contributed by atoms with E-state index in [1.165, 1.54) is 7.11 Å². The van der Waals surface area contributed by atoms with Crippen LogP contribution in [0.4, 0.5) is 0 Å². The average molecular weight is 211 g/mol. The van der Waals surface area contributed by atoms with Gasteiger partial charge in [-0.05, 0) is 19.1 Å². The number of hydrogen-bond donors (Lipinski definition) is 2. The van der Waals surface area contributed by atoms with E-state index >= 15 is 0 Å². The lowest BCUT2D eigenvalue weighted by atomic mass is 10.3. The van der Waals surface area contributed by atoms with Crippen molar-refractivity contribution in [2.75, 3.05) is 13.7 Å². The number of nitrogens with zero attached hydrogens (tertiary/aromatic N) is 2. The lowest BCUT2D eigenvalue weighted by Crippen LogP contribution is -2.15. The van der Waals surface area contributed by atoms with Crippen LogP contribution < -0.4 is 15.2 Å². The van der Waals surface area contributed by atoms with Gasteiger partial charge < -0.3 is 20.4 Å². The van der Waals surface area contributed by atoms with Crippen LogP contribution in [0.25, 0.3) is 0 Å². The summed E-state index contributed by atoms with van der Waals surface area (Å²) in [6, 6.07) is 3.24. The smallest absolute Gasteiger partial charge is 0.257 e. The molecule has 0 saturated heterocycles. The Labute approximate surface area is 87.3 Å². The van der Waals surface area contributed by atoms with Gasteiger partial charge in [-0.15, -0.1) is 0 Å². The number of aromatic nitrogens is 1. The Bertz CT molecular complexity index is 366. The quantitative estimate of drug-likeness (QED) is 0.329. The third-order valence-corrected chi connectivity index (χ3v) is 1.69. The van der Waals surface area contributed by atoms with Gasteiger partial charge in [0.2, 0.25) is 0 Å². The molecule has 0 amide bonds. The van der Waals surface area contributed by atoms with Gasteiger partial charge in [-0.3, -0.25) is 0 Å². The summed E-state index contributed by atoms with van der Waals surface area (Å²) in [6.07, 6.45) is 0. The Morgan fingerprint density at radius 3 is 2.87 bits per heavy atom. The molecular formula is C9H13N3O3. The van der Waals surface area contributed by atoms with Gasteiger partial charge in [0.05, 0.1) is 13.7 Å². The highest BCUT2D eigenvalue weighted by atomic mass is 16.5. The second kappa shape index (κ2) is 5.04. The van der Waals surface area contributed by atoms with E-state index in [9.17, 15) is 0 Å². The first kappa shape index (κ1) is 11.1. The normalized spacial score (nSPS) is 11.2. The topological polar surface area (TPSA) is 90.0 Å². The SMILES string of the molecule is CCOc1ccc(C(N)=NO)nc1OC. The molecule has 15 heavy (non-hydrogen) atoms. The molecule has 0 aromatic carbocycles. The number of pyridine rings is 1. The van der Waals surface area contributed by atoms with Gasteiger partial charge in [-0.25, -0.2) is 4.98 Å². The van der Waals surface area contributed by atoms with E-state index in [1.807, 2.05) is 6.92 Å². The minimum absolute atomic E-state index is 0.0728. The third-order valence-electron chi connectivity index (χ3n) is 1.69. The van der Waals surface area contributed by atoms with Gasteiger partial charge in [-0.1, -0.05) is 5.16 Å². The van der Waals surface area contributed by atoms with Crippen LogP contribution in [-0.4, -0.2) is 29.7 Å². The highest BCUT2D eigenvalue weighted by Crippen LogP contribution is 2.24. The number of hydrogen-bond acceptors (Lipinski definition) is 5. The third kappa shape index (κ3) is 2.49. The van der Waals surface area contributed by atoms with E-state index in [0.29, 0.717) is 23.9 Å². The maximum atomic E-state index is 8.48. The van der Waals surface area contributed by atoms with E-state index in [-0.39, 0.29) is 5.84 Å². The Kier molecular flexibility index (Phi) is 3.73. The molecule has 0 fully saturated rings. The maximum Gasteiger partial charge on any atom is 0.257 e. The number of methoxy groups -OCH3 is 1. The molecule has 1 rings (SSSR count). The van der Waals surface area contributed by atoms with Crippen molar-refractivity contribution in [1.29, 1.82) is 0 Å². The zero-order valence-corrected chi connectivity index (χ0v) is 8.60. The van der Waals surface area contributed by atoms with Crippen LogP contribution in [0, 0.1) is 0 Å². The zero-order valence-electron chi connectivity index (χ0n) is 8.60. The monoisotopic (exact) mass is 211 g/mol. The Morgan fingerprint density at radius 1 is 1.60 bits per heavy atom. The molecule has 0 aliphatic rings. The molecule has 0 saturated carbocycles. The van der Waals surface area contributed by atoms with E-state index < -0.39 is 0 Å². The molecule has 0 aliphatic heterocycles. The van der Waals surface area contributed by atoms with E-state index in [0.717, 1.165) is 0 Å². The summed E-state index contributed by atoms with van der Waals surface area (Å²) < 4.78 is 10.3. The number of nitrogens with two attached hydrogens (primary N) is 1. The molecule has 0 unspecified atom stereocenters.